The molecule has 0 saturated heterocycles. The van der Waals surface area contributed by atoms with Gasteiger partial charge in [-0.1, -0.05) is 18.3 Å². The van der Waals surface area contributed by atoms with Crippen molar-refractivity contribution in [3.8, 4) is 0 Å². The summed E-state index contributed by atoms with van der Waals surface area (Å²) < 4.78 is 1.29. The number of rotatable bonds is 4. The summed E-state index contributed by atoms with van der Waals surface area (Å²) in [5, 5.41) is 12.9. The molecule has 0 amide bonds. The van der Waals surface area contributed by atoms with E-state index in [1.807, 2.05) is 6.92 Å². The lowest BCUT2D eigenvalue weighted by Gasteiger charge is -2.06. The molecule has 0 bridgehead atoms. The van der Waals surface area contributed by atoms with Gasteiger partial charge >= 0.3 is 0 Å². The zero-order valence-electron chi connectivity index (χ0n) is 8.66. The monoisotopic (exact) mass is 257 g/mol. The fourth-order valence-corrected chi connectivity index (χ4v) is 2.51. The SMILES string of the molecule is CC(CO)SCc1cc(=O)n2ncsc2n1. The van der Waals surface area contributed by atoms with Crippen LogP contribution in [0.4, 0.5) is 0 Å². The third-order valence-electron chi connectivity index (χ3n) is 2.01. The summed E-state index contributed by atoms with van der Waals surface area (Å²) in [6, 6.07) is 1.49. The molecule has 0 aromatic carbocycles. The molecule has 2 aromatic heterocycles. The predicted octanol–water partition coefficient (Wildman–Crippen LogP) is 0.765. The van der Waals surface area contributed by atoms with E-state index >= 15 is 0 Å². The van der Waals surface area contributed by atoms with Crippen molar-refractivity contribution in [2.24, 2.45) is 0 Å². The van der Waals surface area contributed by atoms with Gasteiger partial charge in [0.05, 0.1) is 12.3 Å². The Hall–Kier alpha value is -0.920. The van der Waals surface area contributed by atoms with E-state index in [4.69, 9.17) is 5.11 Å². The molecule has 2 heterocycles. The van der Waals surface area contributed by atoms with E-state index in [0.717, 1.165) is 5.69 Å². The lowest BCUT2D eigenvalue weighted by molar-refractivity contribution is 0.300. The number of hydrogen-bond acceptors (Lipinski definition) is 6. The second-order valence-corrected chi connectivity index (χ2v) is 5.56. The average molecular weight is 257 g/mol. The molecule has 0 radical (unpaired) electrons. The summed E-state index contributed by atoms with van der Waals surface area (Å²) in [6.07, 6.45) is 0. The molecule has 0 aliphatic heterocycles. The third-order valence-corrected chi connectivity index (χ3v) is 3.87. The third kappa shape index (κ3) is 2.42. The minimum atomic E-state index is -0.154. The molecular formula is C9H11N3O2S2. The van der Waals surface area contributed by atoms with Gasteiger partial charge in [0.1, 0.15) is 5.51 Å². The van der Waals surface area contributed by atoms with E-state index in [1.54, 1.807) is 17.3 Å². The Bertz CT molecular complexity index is 537. The highest BCUT2D eigenvalue weighted by Gasteiger charge is 2.06. The van der Waals surface area contributed by atoms with Crippen LogP contribution >= 0.6 is 23.1 Å². The number of fused-ring (bicyclic) bond motifs is 1. The molecule has 16 heavy (non-hydrogen) atoms. The lowest BCUT2D eigenvalue weighted by atomic mass is 10.4. The fraction of sp³-hybridized carbons (Fsp3) is 0.444. The van der Waals surface area contributed by atoms with Crippen molar-refractivity contribution in [1.29, 1.82) is 0 Å². The van der Waals surface area contributed by atoms with E-state index in [-0.39, 0.29) is 17.4 Å². The average Bonchev–Trinajstić information content (AvgIpc) is 2.74. The van der Waals surface area contributed by atoms with Crippen molar-refractivity contribution in [2.45, 2.75) is 17.9 Å². The van der Waals surface area contributed by atoms with Crippen LogP contribution in [0.2, 0.25) is 0 Å². The van der Waals surface area contributed by atoms with Gasteiger partial charge in [0.2, 0.25) is 4.96 Å². The van der Waals surface area contributed by atoms with E-state index in [2.05, 4.69) is 10.1 Å². The summed E-state index contributed by atoms with van der Waals surface area (Å²) >= 11 is 2.91. The molecule has 1 atom stereocenters. The first-order chi connectivity index (χ1) is 7.70. The second-order valence-electron chi connectivity index (χ2n) is 3.32. The number of aromatic nitrogens is 3. The van der Waals surface area contributed by atoms with Gasteiger partial charge < -0.3 is 5.11 Å². The van der Waals surface area contributed by atoms with Crippen molar-refractivity contribution < 1.29 is 5.11 Å². The number of nitrogens with zero attached hydrogens (tertiary/aromatic N) is 3. The molecule has 0 fully saturated rings. The largest absolute Gasteiger partial charge is 0.395 e. The van der Waals surface area contributed by atoms with Crippen molar-refractivity contribution >= 4 is 28.1 Å². The summed E-state index contributed by atoms with van der Waals surface area (Å²) in [7, 11) is 0. The molecule has 0 spiro atoms. The van der Waals surface area contributed by atoms with Gasteiger partial charge in [-0.15, -0.1) is 0 Å². The maximum absolute atomic E-state index is 11.6. The number of aliphatic hydroxyl groups excluding tert-OH is 1. The molecule has 2 rings (SSSR count). The number of aliphatic hydroxyl groups is 1. The Morgan fingerprint density at radius 3 is 3.25 bits per heavy atom. The Morgan fingerprint density at radius 1 is 1.69 bits per heavy atom. The maximum atomic E-state index is 11.6. The van der Waals surface area contributed by atoms with Gasteiger partial charge in [0.15, 0.2) is 0 Å². The molecule has 86 valence electrons. The van der Waals surface area contributed by atoms with Crippen LogP contribution in [0, 0.1) is 0 Å². The predicted molar refractivity (Wildman–Crippen MR) is 65.0 cm³/mol. The van der Waals surface area contributed by atoms with Crippen LogP contribution in [0.3, 0.4) is 0 Å². The highest BCUT2D eigenvalue weighted by atomic mass is 32.2. The van der Waals surface area contributed by atoms with Gasteiger partial charge in [0.25, 0.3) is 5.56 Å². The zero-order valence-corrected chi connectivity index (χ0v) is 10.3. The van der Waals surface area contributed by atoms with Crippen LogP contribution in [-0.2, 0) is 5.75 Å². The molecule has 2 aromatic rings. The first-order valence-corrected chi connectivity index (χ1v) is 6.68. The highest BCUT2D eigenvalue weighted by Crippen LogP contribution is 2.15. The molecular weight excluding hydrogens is 246 g/mol. The first-order valence-electron chi connectivity index (χ1n) is 4.75. The topological polar surface area (TPSA) is 67.5 Å². The van der Waals surface area contributed by atoms with Crippen LogP contribution in [0.5, 0.6) is 0 Å². The van der Waals surface area contributed by atoms with E-state index in [9.17, 15) is 4.79 Å². The first kappa shape index (κ1) is 11.6. The van der Waals surface area contributed by atoms with Crippen LogP contribution in [0.25, 0.3) is 4.96 Å². The van der Waals surface area contributed by atoms with Crippen molar-refractivity contribution in [3.63, 3.8) is 0 Å². The second kappa shape index (κ2) is 4.94. The van der Waals surface area contributed by atoms with Gasteiger partial charge in [-0.3, -0.25) is 4.79 Å². The molecule has 7 heteroatoms. The summed E-state index contributed by atoms with van der Waals surface area (Å²) in [5.41, 5.74) is 2.18. The Labute approximate surface area is 100 Å². The quantitative estimate of drug-likeness (QED) is 0.876. The van der Waals surface area contributed by atoms with E-state index < -0.39 is 0 Å². The number of thioether (sulfide) groups is 1. The fourth-order valence-electron chi connectivity index (χ4n) is 1.16. The zero-order chi connectivity index (χ0) is 11.5. The molecule has 0 aliphatic carbocycles. The summed E-state index contributed by atoms with van der Waals surface area (Å²) in [6.45, 7) is 2.06. The summed E-state index contributed by atoms with van der Waals surface area (Å²) in [5.74, 6) is 0.630. The van der Waals surface area contributed by atoms with Gasteiger partial charge in [-0.05, 0) is 0 Å². The standard InChI is InChI=1S/C9H11N3O2S2/c1-6(3-13)15-4-7-2-8(14)12-9(11-7)16-5-10-12/h2,5-6,13H,3-4H2,1H3. The number of hydrogen-bond donors (Lipinski definition) is 1. The van der Waals surface area contributed by atoms with Crippen LogP contribution in [-0.4, -0.2) is 31.6 Å². The minimum Gasteiger partial charge on any atom is -0.395 e. The molecule has 0 saturated carbocycles. The smallest absolute Gasteiger partial charge is 0.275 e. The van der Waals surface area contributed by atoms with Crippen LogP contribution in [0.1, 0.15) is 12.6 Å². The van der Waals surface area contributed by atoms with Crippen molar-refractivity contribution in [3.05, 3.63) is 27.6 Å². The van der Waals surface area contributed by atoms with Crippen LogP contribution in [0.15, 0.2) is 16.4 Å². The normalized spacial score (nSPS) is 13.1. The lowest BCUT2D eigenvalue weighted by Crippen LogP contribution is -2.15. The van der Waals surface area contributed by atoms with Crippen molar-refractivity contribution in [1.82, 2.24) is 14.6 Å². The van der Waals surface area contributed by atoms with Crippen molar-refractivity contribution in [2.75, 3.05) is 6.61 Å². The van der Waals surface area contributed by atoms with E-state index in [1.165, 1.54) is 21.9 Å². The summed E-state index contributed by atoms with van der Waals surface area (Å²) in [4.78, 5) is 16.5. The van der Waals surface area contributed by atoms with E-state index in [0.29, 0.717) is 10.7 Å². The molecule has 1 N–H and O–H groups in total. The molecule has 5 nitrogen and oxygen atoms in total. The maximum Gasteiger partial charge on any atom is 0.275 e. The Morgan fingerprint density at radius 2 is 2.50 bits per heavy atom. The Balaban J connectivity index is 2.22. The molecule has 0 aliphatic rings. The van der Waals surface area contributed by atoms with Gasteiger partial charge in [-0.2, -0.15) is 21.4 Å². The van der Waals surface area contributed by atoms with Gasteiger partial charge in [0, 0.05) is 17.1 Å². The highest BCUT2D eigenvalue weighted by molar-refractivity contribution is 7.99. The molecule has 1 unspecified atom stereocenters. The Kier molecular flexibility index (Phi) is 3.57. The van der Waals surface area contributed by atoms with Gasteiger partial charge in [-0.25, -0.2) is 4.98 Å². The van der Waals surface area contributed by atoms with Crippen LogP contribution < -0.4 is 5.56 Å². The minimum absolute atomic E-state index is 0.131.